The molecule has 1 heterocycles. The van der Waals surface area contributed by atoms with Crippen molar-refractivity contribution in [3.05, 3.63) is 34.3 Å². The van der Waals surface area contributed by atoms with Gasteiger partial charge < -0.3 is 5.21 Å². The lowest BCUT2D eigenvalue weighted by molar-refractivity contribution is -0.605. The van der Waals surface area contributed by atoms with E-state index in [9.17, 15) is 5.21 Å². The Hall–Kier alpha value is -0.760. The molecule has 0 N–H and O–H groups in total. The van der Waals surface area contributed by atoms with Gasteiger partial charge in [0.05, 0.1) is 0 Å². The van der Waals surface area contributed by atoms with Crippen LogP contribution in [-0.2, 0) is 0 Å². The van der Waals surface area contributed by atoms with Crippen LogP contribution < -0.4 is 4.73 Å². The molecule has 0 amide bonds. The standard InChI is InChI=1S/C6H6ClNO/c1-5-2-6(7)4-8(9)3-5/h2-4H,1H3. The van der Waals surface area contributed by atoms with E-state index >= 15 is 0 Å². The minimum Gasteiger partial charge on any atom is -0.619 e. The van der Waals surface area contributed by atoms with Crippen LogP contribution in [-0.4, -0.2) is 0 Å². The lowest BCUT2D eigenvalue weighted by atomic mass is 10.3. The van der Waals surface area contributed by atoms with Gasteiger partial charge in [0.25, 0.3) is 0 Å². The average Bonchev–Trinajstić information content (AvgIpc) is 1.59. The van der Waals surface area contributed by atoms with Crippen molar-refractivity contribution in [3.8, 4) is 0 Å². The quantitative estimate of drug-likeness (QED) is 0.397. The number of hydrogen-bond acceptors (Lipinski definition) is 1. The van der Waals surface area contributed by atoms with Crippen LogP contribution in [0.25, 0.3) is 0 Å². The lowest BCUT2D eigenvalue weighted by Gasteiger charge is -1.95. The van der Waals surface area contributed by atoms with Gasteiger partial charge in [0.2, 0.25) is 0 Å². The molecule has 0 aliphatic heterocycles. The van der Waals surface area contributed by atoms with E-state index < -0.39 is 0 Å². The number of aromatic nitrogens is 1. The van der Waals surface area contributed by atoms with Gasteiger partial charge in [-0.05, 0) is 13.0 Å². The molecular weight excluding hydrogens is 138 g/mol. The largest absolute Gasteiger partial charge is 0.619 e. The van der Waals surface area contributed by atoms with Gasteiger partial charge in [0.15, 0.2) is 12.4 Å². The predicted octanol–water partition coefficient (Wildman–Crippen LogP) is 1.28. The first-order valence-corrected chi connectivity index (χ1v) is 2.92. The molecule has 0 aliphatic rings. The summed E-state index contributed by atoms with van der Waals surface area (Å²) in [6.07, 6.45) is 2.78. The zero-order valence-electron chi connectivity index (χ0n) is 4.97. The fraction of sp³-hybridized carbons (Fsp3) is 0.167. The van der Waals surface area contributed by atoms with Crippen LogP contribution in [0, 0.1) is 12.1 Å². The molecule has 1 aromatic heterocycles. The minimum atomic E-state index is 0.477. The van der Waals surface area contributed by atoms with Crippen molar-refractivity contribution < 1.29 is 4.73 Å². The van der Waals surface area contributed by atoms with E-state index in [4.69, 9.17) is 11.6 Å². The molecule has 0 aliphatic carbocycles. The van der Waals surface area contributed by atoms with Crippen molar-refractivity contribution in [2.24, 2.45) is 0 Å². The predicted molar refractivity (Wildman–Crippen MR) is 35.1 cm³/mol. The van der Waals surface area contributed by atoms with Gasteiger partial charge in [-0.3, -0.25) is 0 Å². The van der Waals surface area contributed by atoms with Crippen LogP contribution in [0.5, 0.6) is 0 Å². The van der Waals surface area contributed by atoms with Gasteiger partial charge in [-0.2, -0.15) is 4.73 Å². The number of hydrogen-bond donors (Lipinski definition) is 0. The molecule has 0 fully saturated rings. The van der Waals surface area contributed by atoms with Crippen LogP contribution in [0.15, 0.2) is 18.5 Å². The summed E-state index contributed by atoms with van der Waals surface area (Å²) < 4.78 is 0.692. The Morgan fingerprint density at radius 2 is 2.22 bits per heavy atom. The van der Waals surface area contributed by atoms with Crippen molar-refractivity contribution in [1.29, 1.82) is 0 Å². The van der Waals surface area contributed by atoms with E-state index in [2.05, 4.69) is 0 Å². The maximum absolute atomic E-state index is 10.5. The maximum Gasteiger partial charge on any atom is 0.199 e. The molecule has 48 valence electrons. The lowest BCUT2D eigenvalue weighted by Crippen LogP contribution is -2.24. The van der Waals surface area contributed by atoms with Crippen LogP contribution in [0.1, 0.15) is 5.56 Å². The van der Waals surface area contributed by atoms with Crippen molar-refractivity contribution in [2.45, 2.75) is 6.92 Å². The zero-order chi connectivity index (χ0) is 6.85. The molecule has 3 heteroatoms. The van der Waals surface area contributed by atoms with Crippen molar-refractivity contribution in [1.82, 2.24) is 0 Å². The summed E-state index contributed by atoms with van der Waals surface area (Å²) in [6, 6.07) is 1.73. The van der Waals surface area contributed by atoms with E-state index in [0.717, 1.165) is 5.56 Å². The summed E-state index contributed by atoms with van der Waals surface area (Å²) in [5.74, 6) is 0. The van der Waals surface area contributed by atoms with E-state index in [0.29, 0.717) is 9.75 Å². The van der Waals surface area contributed by atoms with Crippen LogP contribution >= 0.6 is 11.6 Å². The molecule has 0 saturated carbocycles. The first kappa shape index (κ1) is 6.36. The molecule has 0 unspecified atom stereocenters. The summed E-state index contributed by atoms with van der Waals surface area (Å²) in [5.41, 5.74) is 0.873. The fourth-order valence-electron chi connectivity index (χ4n) is 0.652. The second-order valence-corrected chi connectivity index (χ2v) is 2.33. The van der Waals surface area contributed by atoms with Crippen LogP contribution in [0.3, 0.4) is 0 Å². The van der Waals surface area contributed by atoms with Crippen molar-refractivity contribution in [3.63, 3.8) is 0 Å². The topological polar surface area (TPSA) is 26.9 Å². The van der Waals surface area contributed by atoms with Gasteiger partial charge in [-0.1, -0.05) is 11.6 Å². The van der Waals surface area contributed by atoms with Crippen molar-refractivity contribution in [2.75, 3.05) is 0 Å². The second-order valence-electron chi connectivity index (χ2n) is 1.89. The second kappa shape index (κ2) is 2.23. The fourth-order valence-corrected chi connectivity index (χ4v) is 0.920. The highest BCUT2D eigenvalue weighted by Crippen LogP contribution is 2.04. The highest BCUT2D eigenvalue weighted by molar-refractivity contribution is 6.30. The summed E-state index contributed by atoms with van der Waals surface area (Å²) in [6.45, 7) is 1.82. The maximum atomic E-state index is 10.5. The monoisotopic (exact) mass is 143 g/mol. The van der Waals surface area contributed by atoms with E-state index in [1.54, 1.807) is 6.07 Å². The number of nitrogens with zero attached hydrogens (tertiary/aromatic N) is 1. The Balaban J connectivity index is 3.17. The molecule has 0 bridgehead atoms. The Bertz CT molecular complexity index is 174. The normalized spacial score (nSPS) is 9.56. The van der Waals surface area contributed by atoms with Gasteiger partial charge >= 0.3 is 0 Å². The first-order valence-electron chi connectivity index (χ1n) is 2.54. The van der Waals surface area contributed by atoms with Gasteiger partial charge in [0, 0.05) is 5.56 Å². The molecule has 2 nitrogen and oxygen atoms in total. The molecule has 1 aromatic rings. The third kappa shape index (κ3) is 1.57. The average molecular weight is 144 g/mol. The molecule has 9 heavy (non-hydrogen) atoms. The Kier molecular flexibility index (Phi) is 1.58. The molecule has 1 rings (SSSR count). The third-order valence-corrected chi connectivity index (χ3v) is 1.15. The molecule has 0 saturated heterocycles. The molecule has 0 radical (unpaired) electrons. The minimum absolute atomic E-state index is 0.477. The third-order valence-electron chi connectivity index (χ3n) is 0.947. The Labute approximate surface area is 58.3 Å². The van der Waals surface area contributed by atoms with Gasteiger partial charge in [-0.15, -0.1) is 0 Å². The molecule has 0 spiro atoms. The van der Waals surface area contributed by atoms with Crippen LogP contribution in [0.4, 0.5) is 0 Å². The number of halogens is 1. The van der Waals surface area contributed by atoms with Gasteiger partial charge in [0.1, 0.15) is 5.02 Å². The summed E-state index contributed by atoms with van der Waals surface area (Å²) in [7, 11) is 0. The summed E-state index contributed by atoms with van der Waals surface area (Å²) >= 11 is 5.53. The highest BCUT2D eigenvalue weighted by Gasteiger charge is 1.94. The van der Waals surface area contributed by atoms with Gasteiger partial charge in [-0.25, -0.2) is 0 Å². The summed E-state index contributed by atoms with van der Waals surface area (Å²) in [4.78, 5) is 0. The number of rotatable bonds is 0. The summed E-state index contributed by atoms with van der Waals surface area (Å²) in [5, 5.41) is 11.0. The highest BCUT2D eigenvalue weighted by atomic mass is 35.5. The first-order chi connectivity index (χ1) is 4.18. The number of aryl methyl sites for hydroxylation is 1. The molecular formula is C6H6ClNO. The SMILES string of the molecule is Cc1cc(Cl)c[n+]([O-])c1. The van der Waals surface area contributed by atoms with E-state index in [1.807, 2.05) is 6.92 Å². The Morgan fingerprint density at radius 1 is 1.56 bits per heavy atom. The van der Waals surface area contributed by atoms with E-state index in [-0.39, 0.29) is 0 Å². The molecule has 0 aromatic carbocycles. The molecule has 0 atom stereocenters. The Morgan fingerprint density at radius 3 is 2.67 bits per heavy atom. The van der Waals surface area contributed by atoms with E-state index in [1.165, 1.54) is 12.4 Å². The van der Waals surface area contributed by atoms with Crippen molar-refractivity contribution >= 4 is 11.6 Å². The number of pyridine rings is 1. The smallest absolute Gasteiger partial charge is 0.199 e. The zero-order valence-corrected chi connectivity index (χ0v) is 5.72. The van der Waals surface area contributed by atoms with Crippen LogP contribution in [0.2, 0.25) is 5.02 Å².